The summed E-state index contributed by atoms with van der Waals surface area (Å²) in [6, 6.07) is 10.1. The van der Waals surface area contributed by atoms with Crippen molar-refractivity contribution in [2.75, 3.05) is 13.7 Å². The van der Waals surface area contributed by atoms with Crippen LogP contribution >= 0.6 is 8.38 Å². The molecule has 0 spiro atoms. The molecule has 0 saturated heterocycles. The minimum Gasteiger partial charge on any atom is -0.334 e. The lowest BCUT2D eigenvalue weighted by atomic mass is 10.4. The predicted molar refractivity (Wildman–Crippen MR) is 60.9 cm³/mol. The van der Waals surface area contributed by atoms with Crippen molar-refractivity contribution >= 4 is 13.7 Å². The van der Waals surface area contributed by atoms with Crippen molar-refractivity contribution in [1.82, 2.24) is 0 Å². The largest absolute Gasteiger partial charge is 0.334 e. The van der Waals surface area contributed by atoms with E-state index in [9.17, 15) is 0 Å². The van der Waals surface area contributed by atoms with Crippen LogP contribution in [0.15, 0.2) is 30.3 Å². The number of benzene rings is 1. The van der Waals surface area contributed by atoms with E-state index in [1.165, 1.54) is 0 Å². The standard InChI is InChI=1S/C11H17O2P/c1-3-4-10-13-14(12-2)11-8-6-5-7-9-11/h5-9H,3-4,10H2,1-2H3. The molecule has 0 amide bonds. The predicted octanol–water partition coefficient (Wildman–Crippen LogP) is 3.09. The van der Waals surface area contributed by atoms with Gasteiger partial charge in [-0.1, -0.05) is 31.5 Å². The second-order valence-electron chi connectivity index (χ2n) is 2.96. The van der Waals surface area contributed by atoms with E-state index in [1.807, 2.05) is 30.3 Å². The third-order valence-electron chi connectivity index (χ3n) is 1.84. The van der Waals surface area contributed by atoms with Crippen molar-refractivity contribution in [3.05, 3.63) is 30.3 Å². The quantitative estimate of drug-likeness (QED) is 0.533. The van der Waals surface area contributed by atoms with E-state index in [-0.39, 0.29) is 0 Å². The van der Waals surface area contributed by atoms with Crippen molar-refractivity contribution in [2.45, 2.75) is 19.8 Å². The summed E-state index contributed by atoms with van der Waals surface area (Å²) in [5.74, 6) is 0. The van der Waals surface area contributed by atoms with Crippen molar-refractivity contribution in [3.63, 3.8) is 0 Å². The molecule has 0 aliphatic heterocycles. The third kappa shape index (κ3) is 3.75. The van der Waals surface area contributed by atoms with E-state index in [2.05, 4.69) is 6.92 Å². The zero-order chi connectivity index (χ0) is 10.2. The van der Waals surface area contributed by atoms with Gasteiger partial charge in [-0.3, -0.25) is 0 Å². The Labute approximate surface area is 87.2 Å². The molecule has 0 radical (unpaired) electrons. The first-order chi connectivity index (χ1) is 6.88. The highest BCUT2D eigenvalue weighted by Gasteiger charge is 2.10. The van der Waals surface area contributed by atoms with E-state index in [1.54, 1.807) is 7.11 Å². The zero-order valence-electron chi connectivity index (χ0n) is 8.77. The third-order valence-corrected chi connectivity index (χ3v) is 3.31. The summed E-state index contributed by atoms with van der Waals surface area (Å²) < 4.78 is 11.0. The lowest BCUT2D eigenvalue weighted by Gasteiger charge is -2.14. The minimum absolute atomic E-state index is 0.783. The summed E-state index contributed by atoms with van der Waals surface area (Å²) in [7, 11) is 0.834. The maximum Gasteiger partial charge on any atom is 0.204 e. The van der Waals surface area contributed by atoms with Crippen molar-refractivity contribution in [3.8, 4) is 0 Å². The Bertz CT molecular complexity index is 238. The van der Waals surface area contributed by atoms with Crippen LogP contribution in [0.4, 0.5) is 0 Å². The Morgan fingerprint density at radius 2 is 1.93 bits per heavy atom. The van der Waals surface area contributed by atoms with Crippen LogP contribution in [0, 0.1) is 0 Å². The van der Waals surface area contributed by atoms with Gasteiger partial charge in [0.1, 0.15) is 0 Å². The van der Waals surface area contributed by atoms with E-state index in [0.717, 1.165) is 24.8 Å². The van der Waals surface area contributed by atoms with Crippen LogP contribution < -0.4 is 5.30 Å². The van der Waals surface area contributed by atoms with Crippen LogP contribution in [0.5, 0.6) is 0 Å². The number of unbranched alkanes of at least 4 members (excludes halogenated alkanes) is 1. The Balaban J connectivity index is 2.46. The van der Waals surface area contributed by atoms with Gasteiger partial charge < -0.3 is 9.05 Å². The average molecular weight is 212 g/mol. The van der Waals surface area contributed by atoms with Gasteiger partial charge in [0, 0.05) is 12.4 Å². The molecular formula is C11H17O2P. The highest BCUT2D eigenvalue weighted by Crippen LogP contribution is 2.35. The van der Waals surface area contributed by atoms with Gasteiger partial charge in [-0.25, -0.2) is 0 Å². The molecule has 0 saturated carbocycles. The summed E-state index contributed by atoms with van der Waals surface area (Å²) in [5.41, 5.74) is 0. The van der Waals surface area contributed by atoms with Crippen LogP contribution in [-0.2, 0) is 9.05 Å². The van der Waals surface area contributed by atoms with Gasteiger partial charge in [-0.2, -0.15) is 0 Å². The molecule has 0 heterocycles. The second-order valence-corrected chi connectivity index (χ2v) is 4.62. The summed E-state index contributed by atoms with van der Waals surface area (Å²) in [5, 5.41) is 1.14. The smallest absolute Gasteiger partial charge is 0.204 e. The van der Waals surface area contributed by atoms with Crippen molar-refractivity contribution in [1.29, 1.82) is 0 Å². The molecule has 0 N–H and O–H groups in total. The SMILES string of the molecule is CCCCOP(OC)c1ccccc1. The maximum atomic E-state index is 5.66. The van der Waals surface area contributed by atoms with Gasteiger partial charge >= 0.3 is 0 Å². The molecule has 0 aliphatic rings. The minimum atomic E-state index is -0.865. The van der Waals surface area contributed by atoms with Gasteiger partial charge in [0.25, 0.3) is 0 Å². The maximum absolute atomic E-state index is 5.66. The lowest BCUT2D eigenvalue weighted by molar-refractivity contribution is 0.286. The summed E-state index contributed by atoms with van der Waals surface area (Å²) in [4.78, 5) is 0. The fourth-order valence-corrected chi connectivity index (χ4v) is 2.25. The Hall–Kier alpha value is -0.430. The van der Waals surface area contributed by atoms with E-state index < -0.39 is 8.38 Å². The van der Waals surface area contributed by atoms with Gasteiger partial charge in [0.2, 0.25) is 8.38 Å². The van der Waals surface area contributed by atoms with Crippen LogP contribution in [0.2, 0.25) is 0 Å². The lowest BCUT2D eigenvalue weighted by Crippen LogP contribution is -2.04. The van der Waals surface area contributed by atoms with Crippen molar-refractivity contribution < 1.29 is 9.05 Å². The highest BCUT2D eigenvalue weighted by atomic mass is 31.2. The first-order valence-corrected chi connectivity index (χ1v) is 6.08. The molecule has 1 unspecified atom stereocenters. The molecule has 2 nitrogen and oxygen atoms in total. The van der Waals surface area contributed by atoms with E-state index in [0.29, 0.717) is 0 Å². The fraction of sp³-hybridized carbons (Fsp3) is 0.455. The molecule has 0 bridgehead atoms. The molecular weight excluding hydrogens is 195 g/mol. The second kappa shape index (κ2) is 6.94. The van der Waals surface area contributed by atoms with E-state index >= 15 is 0 Å². The molecule has 0 fully saturated rings. The van der Waals surface area contributed by atoms with Crippen molar-refractivity contribution in [2.24, 2.45) is 0 Å². The molecule has 14 heavy (non-hydrogen) atoms. The summed E-state index contributed by atoms with van der Waals surface area (Å²) in [6.45, 7) is 2.94. The molecule has 1 aromatic carbocycles. The number of hydrogen-bond donors (Lipinski definition) is 0. The molecule has 78 valence electrons. The Kier molecular flexibility index (Phi) is 5.77. The molecule has 0 aromatic heterocycles. The number of hydrogen-bond acceptors (Lipinski definition) is 2. The Morgan fingerprint density at radius 3 is 2.50 bits per heavy atom. The number of rotatable bonds is 6. The Morgan fingerprint density at radius 1 is 1.21 bits per heavy atom. The van der Waals surface area contributed by atoms with Crippen LogP contribution in [0.25, 0.3) is 0 Å². The topological polar surface area (TPSA) is 18.5 Å². The summed E-state index contributed by atoms with van der Waals surface area (Å²) in [6.07, 6.45) is 2.25. The monoisotopic (exact) mass is 212 g/mol. The van der Waals surface area contributed by atoms with Gasteiger partial charge in [-0.15, -0.1) is 0 Å². The van der Waals surface area contributed by atoms with Crippen LogP contribution in [-0.4, -0.2) is 13.7 Å². The van der Waals surface area contributed by atoms with E-state index in [4.69, 9.17) is 9.05 Å². The first-order valence-electron chi connectivity index (χ1n) is 4.90. The first kappa shape index (κ1) is 11.6. The molecule has 1 rings (SSSR count). The zero-order valence-corrected chi connectivity index (χ0v) is 9.67. The highest BCUT2D eigenvalue weighted by molar-refractivity contribution is 7.55. The molecule has 0 aliphatic carbocycles. The van der Waals surface area contributed by atoms with Gasteiger partial charge in [0.05, 0.1) is 6.61 Å². The van der Waals surface area contributed by atoms with Crippen LogP contribution in [0.3, 0.4) is 0 Å². The molecule has 1 atom stereocenters. The average Bonchev–Trinajstić information content (AvgIpc) is 2.26. The van der Waals surface area contributed by atoms with Gasteiger partial charge in [0.15, 0.2) is 0 Å². The molecule has 1 aromatic rings. The summed E-state index contributed by atoms with van der Waals surface area (Å²) >= 11 is 0. The van der Waals surface area contributed by atoms with Crippen LogP contribution in [0.1, 0.15) is 19.8 Å². The van der Waals surface area contributed by atoms with Gasteiger partial charge in [-0.05, 0) is 18.6 Å². The molecule has 3 heteroatoms. The normalized spacial score (nSPS) is 12.7. The fourth-order valence-electron chi connectivity index (χ4n) is 1.07.